The SMILES string of the molecule is CC(C)C(N)C(=O)NC(CC(=O)O)C(=O)NC(CO)C(=O)NCC(=O)O. The van der Waals surface area contributed by atoms with E-state index in [0.717, 1.165) is 0 Å². The number of hydrogen-bond donors (Lipinski definition) is 7. The zero-order valence-corrected chi connectivity index (χ0v) is 14.4. The summed E-state index contributed by atoms with van der Waals surface area (Å²) in [5.74, 6) is -5.77. The van der Waals surface area contributed by atoms with Gasteiger partial charge in [0.15, 0.2) is 0 Å². The standard InChI is InChI=1S/C14H24N4O8/c1-6(2)11(15)14(26)17-7(3-9(20)21)13(25)18-8(5-19)12(24)16-4-10(22)23/h6-8,11,19H,3-5,15H2,1-2H3,(H,16,24)(H,17,26)(H,18,25)(H,20,21)(H,22,23). The van der Waals surface area contributed by atoms with Gasteiger partial charge in [0.2, 0.25) is 17.7 Å². The van der Waals surface area contributed by atoms with Crippen molar-refractivity contribution >= 4 is 29.7 Å². The van der Waals surface area contributed by atoms with Gasteiger partial charge in [-0.2, -0.15) is 0 Å². The molecule has 148 valence electrons. The molecule has 0 aromatic rings. The largest absolute Gasteiger partial charge is 0.481 e. The maximum absolute atomic E-state index is 12.2. The molecule has 0 spiro atoms. The highest BCUT2D eigenvalue weighted by molar-refractivity contribution is 5.95. The second-order valence-electron chi connectivity index (χ2n) is 5.78. The number of amides is 3. The maximum atomic E-state index is 12.2. The molecule has 0 bridgehead atoms. The van der Waals surface area contributed by atoms with Gasteiger partial charge in [0.1, 0.15) is 18.6 Å². The van der Waals surface area contributed by atoms with Crippen LogP contribution in [-0.2, 0) is 24.0 Å². The first-order chi connectivity index (χ1) is 12.0. The highest BCUT2D eigenvalue weighted by Crippen LogP contribution is 2.01. The Morgan fingerprint density at radius 2 is 1.42 bits per heavy atom. The van der Waals surface area contributed by atoms with Crippen molar-refractivity contribution in [2.24, 2.45) is 11.7 Å². The number of nitrogens with two attached hydrogens (primary N) is 1. The Morgan fingerprint density at radius 3 is 1.85 bits per heavy atom. The summed E-state index contributed by atoms with van der Waals surface area (Å²) in [6.45, 7) is 1.72. The first-order valence-corrected chi connectivity index (χ1v) is 7.68. The molecule has 0 saturated carbocycles. The van der Waals surface area contributed by atoms with Crippen molar-refractivity contribution in [2.45, 2.75) is 38.4 Å². The van der Waals surface area contributed by atoms with Crippen LogP contribution in [0.25, 0.3) is 0 Å². The van der Waals surface area contributed by atoms with Gasteiger partial charge in [0, 0.05) is 0 Å². The molecule has 0 aliphatic rings. The molecule has 3 amide bonds. The number of carbonyl (C=O) groups excluding carboxylic acids is 3. The first-order valence-electron chi connectivity index (χ1n) is 7.68. The summed E-state index contributed by atoms with van der Waals surface area (Å²) in [4.78, 5) is 57.2. The van der Waals surface area contributed by atoms with E-state index in [-0.39, 0.29) is 5.92 Å². The van der Waals surface area contributed by atoms with Crippen molar-refractivity contribution in [2.75, 3.05) is 13.2 Å². The minimum absolute atomic E-state index is 0.268. The second kappa shape index (κ2) is 11.0. The fraction of sp³-hybridized carbons (Fsp3) is 0.643. The molecule has 3 unspecified atom stereocenters. The van der Waals surface area contributed by atoms with Crippen LogP contribution < -0.4 is 21.7 Å². The van der Waals surface area contributed by atoms with Gasteiger partial charge in [-0.3, -0.25) is 24.0 Å². The first kappa shape index (κ1) is 23.3. The molecule has 0 aromatic heterocycles. The van der Waals surface area contributed by atoms with E-state index in [1.54, 1.807) is 13.8 Å². The summed E-state index contributed by atoms with van der Waals surface area (Å²) in [5.41, 5.74) is 5.63. The van der Waals surface area contributed by atoms with Crippen LogP contribution in [0.5, 0.6) is 0 Å². The quantitative estimate of drug-likeness (QED) is 0.191. The van der Waals surface area contributed by atoms with Gasteiger partial charge in [0.05, 0.1) is 19.1 Å². The highest BCUT2D eigenvalue weighted by Gasteiger charge is 2.30. The normalized spacial score (nSPS) is 14.0. The Hall–Kier alpha value is -2.73. The number of carboxylic acids is 2. The molecular weight excluding hydrogens is 352 g/mol. The minimum atomic E-state index is -1.54. The number of aliphatic hydroxyl groups excluding tert-OH is 1. The van der Waals surface area contributed by atoms with E-state index in [4.69, 9.17) is 15.9 Å². The third kappa shape index (κ3) is 8.39. The van der Waals surface area contributed by atoms with Crippen molar-refractivity contribution in [3.8, 4) is 0 Å². The van der Waals surface area contributed by atoms with Crippen LogP contribution in [0.4, 0.5) is 0 Å². The molecule has 0 radical (unpaired) electrons. The summed E-state index contributed by atoms with van der Waals surface area (Å²) in [6.07, 6.45) is -0.780. The van der Waals surface area contributed by atoms with Crippen LogP contribution >= 0.6 is 0 Å². The summed E-state index contributed by atoms with van der Waals surface area (Å²) < 4.78 is 0. The number of hydrogen-bond acceptors (Lipinski definition) is 7. The highest BCUT2D eigenvalue weighted by atomic mass is 16.4. The van der Waals surface area contributed by atoms with E-state index in [9.17, 15) is 29.1 Å². The molecular formula is C14H24N4O8. The van der Waals surface area contributed by atoms with Gasteiger partial charge in [0.25, 0.3) is 0 Å². The second-order valence-corrected chi connectivity index (χ2v) is 5.78. The molecule has 0 rings (SSSR count). The molecule has 0 fully saturated rings. The Bertz CT molecular complexity index is 551. The number of aliphatic hydroxyl groups is 1. The van der Waals surface area contributed by atoms with E-state index < -0.39 is 67.4 Å². The molecule has 12 nitrogen and oxygen atoms in total. The third-order valence-electron chi connectivity index (χ3n) is 3.26. The zero-order valence-electron chi connectivity index (χ0n) is 14.4. The average Bonchev–Trinajstić information content (AvgIpc) is 2.55. The fourth-order valence-electron chi connectivity index (χ4n) is 1.71. The molecule has 3 atom stereocenters. The number of rotatable bonds is 11. The number of carbonyl (C=O) groups is 5. The van der Waals surface area contributed by atoms with Crippen LogP contribution in [0, 0.1) is 5.92 Å². The fourth-order valence-corrected chi connectivity index (χ4v) is 1.71. The Kier molecular flexibility index (Phi) is 9.84. The van der Waals surface area contributed by atoms with Crippen molar-refractivity contribution in [3.63, 3.8) is 0 Å². The van der Waals surface area contributed by atoms with E-state index >= 15 is 0 Å². The van der Waals surface area contributed by atoms with Crippen LogP contribution in [-0.4, -0.2) is 76.3 Å². The van der Waals surface area contributed by atoms with Gasteiger partial charge < -0.3 is 37.0 Å². The summed E-state index contributed by atoms with van der Waals surface area (Å²) in [5, 5.41) is 32.7. The van der Waals surface area contributed by atoms with Crippen LogP contribution in [0.1, 0.15) is 20.3 Å². The lowest BCUT2D eigenvalue weighted by Crippen LogP contribution is -2.57. The molecule has 0 aromatic carbocycles. The van der Waals surface area contributed by atoms with E-state index in [2.05, 4.69) is 10.6 Å². The Morgan fingerprint density at radius 1 is 0.885 bits per heavy atom. The third-order valence-corrected chi connectivity index (χ3v) is 3.26. The zero-order chi connectivity index (χ0) is 20.4. The average molecular weight is 376 g/mol. The van der Waals surface area contributed by atoms with Gasteiger partial charge in [-0.25, -0.2) is 0 Å². The molecule has 12 heteroatoms. The molecule has 0 aliphatic heterocycles. The van der Waals surface area contributed by atoms with Gasteiger partial charge >= 0.3 is 11.9 Å². The topological polar surface area (TPSA) is 208 Å². The molecule has 8 N–H and O–H groups in total. The lowest BCUT2D eigenvalue weighted by Gasteiger charge is -2.23. The van der Waals surface area contributed by atoms with Gasteiger partial charge in [-0.15, -0.1) is 0 Å². The van der Waals surface area contributed by atoms with E-state index in [1.807, 2.05) is 5.32 Å². The van der Waals surface area contributed by atoms with Crippen molar-refractivity contribution < 1.29 is 39.3 Å². The Balaban J connectivity index is 5.04. The minimum Gasteiger partial charge on any atom is -0.481 e. The summed E-state index contributed by atoms with van der Waals surface area (Å²) >= 11 is 0. The number of nitrogens with one attached hydrogen (secondary N) is 3. The Labute approximate surface area is 149 Å². The lowest BCUT2D eigenvalue weighted by molar-refractivity contribution is -0.142. The predicted molar refractivity (Wildman–Crippen MR) is 86.7 cm³/mol. The lowest BCUT2D eigenvalue weighted by atomic mass is 10.0. The van der Waals surface area contributed by atoms with E-state index in [1.165, 1.54) is 0 Å². The van der Waals surface area contributed by atoms with Crippen LogP contribution in [0.3, 0.4) is 0 Å². The molecule has 26 heavy (non-hydrogen) atoms. The monoisotopic (exact) mass is 376 g/mol. The number of carboxylic acid groups (broad SMARTS) is 2. The smallest absolute Gasteiger partial charge is 0.322 e. The summed E-state index contributed by atoms with van der Waals surface area (Å²) in [6, 6.07) is -4.04. The molecule has 0 saturated heterocycles. The van der Waals surface area contributed by atoms with Gasteiger partial charge in [-0.1, -0.05) is 13.8 Å². The maximum Gasteiger partial charge on any atom is 0.322 e. The van der Waals surface area contributed by atoms with Crippen molar-refractivity contribution in [1.82, 2.24) is 16.0 Å². The molecule has 0 aliphatic carbocycles. The van der Waals surface area contributed by atoms with E-state index in [0.29, 0.717) is 0 Å². The molecule has 0 heterocycles. The summed E-state index contributed by atoms with van der Waals surface area (Å²) in [7, 11) is 0. The van der Waals surface area contributed by atoms with Crippen LogP contribution in [0.15, 0.2) is 0 Å². The van der Waals surface area contributed by atoms with Gasteiger partial charge in [-0.05, 0) is 5.92 Å². The predicted octanol–water partition coefficient (Wildman–Crippen LogP) is -3.39. The van der Waals surface area contributed by atoms with Crippen LogP contribution in [0.2, 0.25) is 0 Å². The number of aliphatic carboxylic acids is 2. The van der Waals surface area contributed by atoms with Crippen molar-refractivity contribution in [1.29, 1.82) is 0 Å². The van der Waals surface area contributed by atoms with Crippen molar-refractivity contribution in [3.05, 3.63) is 0 Å².